The summed E-state index contributed by atoms with van der Waals surface area (Å²) in [6.45, 7) is 0. The molecule has 0 aromatic heterocycles. The fourth-order valence-corrected chi connectivity index (χ4v) is 0.861. The zero-order chi connectivity index (χ0) is 4.41. The molecule has 0 unspecified atom stereocenters. The smallest absolute Gasteiger partial charge is 0.0555 e. The Morgan fingerprint density at radius 3 is 2.50 bits per heavy atom. The van der Waals surface area contributed by atoms with E-state index in [9.17, 15) is 0 Å². The molecule has 6 heavy (non-hydrogen) atoms. The van der Waals surface area contributed by atoms with E-state index in [1.807, 2.05) is 11.8 Å². The molecule has 0 N–H and O–H groups in total. The van der Waals surface area contributed by atoms with Gasteiger partial charge in [-0.1, -0.05) is 12.2 Å². The molecule has 33 valence electrons. The van der Waals surface area contributed by atoms with E-state index in [1.54, 1.807) is 0 Å². The SMILES string of the molecule is CS[C]1C=CC1. The molecule has 1 aliphatic carbocycles. The van der Waals surface area contributed by atoms with Crippen molar-refractivity contribution in [3.05, 3.63) is 17.4 Å². The molecule has 1 radical (unpaired) electrons. The topological polar surface area (TPSA) is 0 Å². The van der Waals surface area contributed by atoms with E-state index >= 15 is 0 Å². The fourth-order valence-electron chi connectivity index (χ4n) is 0.365. The summed E-state index contributed by atoms with van der Waals surface area (Å²) >= 11 is 1.84. The number of rotatable bonds is 1. The second-order valence-electron chi connectivity index (χ2n) is 1.28. The Balaban J connectivity index is 2.21. The molecule has 0 spiro atoms. The second-order valence-corrected chi connectivity index (χ2v) is 2.21. The minimum Gasteiger partial charge on any atom is -0.152 e. The van der Waals surface area contributed by atoms with Crippen LogP contribution in [0.15, 0.2) is 12.2 Å². The first-order chi connectivity index (χ1) is 2.93. The Hall–Kier alpha value is 0.0900. The molecule has 0 fully saturated rings. The largest absolute Gasteiger partial charge is 0.152 e. The van der Waals surface area contributed by atoms with E-state index in [-0.39, 0.29) is 0 Å². The summed E-state index contributed by atoms with van der Waals surface area (Å²) in [7, 11) is 0. The third-order valence-electron chi connectivity index (χ3n) is 0.885. The minimum atomic E-state index is 1.21. The Bertz CT molecular complexity index is 66.3. The molecule has 0 heterocycles. The first-order valence-electron chi connectivity index (χ1n) is 2.00. The van der Waals surface area contributed by atoms with Crippen molar-refractivity contribution in [2.75, 3.05) is 6.26 Å². The zero-order valence-electron chi connectivity index (χ0n) is 3.77. The van der Waals surface area contributed by atoms with Crippen molar-refractivity contribution in [1.29, 1.82) is 0 Å². The van der Waals surface area contributed by atoms with Crippen molar-refractivity contribution >= 4 is 11.8 Å². The van der Waals surface area contributed by atoms with Crippen LogP contribution in [0.2, 0.25) is 0 Å². The van der Waals surface area contributed by atoms with Crippen LogP contribution in [0.4, 0.5) is 0 Å². The molecule has 0 aromatic carbocycles. The van der Waals surface area contributed by atoms with Gasteiger partial charge in [-0.25, -0.2) is 0 Å². The van der Waals surface area contributed by atoms with Gasteiger partial charge >= 0.3 is 0 Å². The molecule has 1 aliphatic rings. The lowest BCUT2D eigenvalue weighted by Crippen LogP contribution is -1.91. The van der Waals surface area contributed by atoms with E-state index in [0.29, 0.717) is 0 Å². The van der Waals surface area contributed by atoms with Crippen molar-refractivity contribution in [1.82, 2.24) is 0 Å². The number of thioether (sulfide) groups is 1. The highest BCUT2D eigenvalue weighted by Gasteiger charge is 2.06. The maximum atomic E-state index is 2.17. The molecule has 0 bridgehead atoms. The molecule has 0 saturated carbocycles. The molecule has 1 rings (SSSR count). The van der Waals surface area contributed by atoms with Gasteiger partial charge in [0.1, 0.15) is 0 Å². The molecule has 0 nitrogen and oxygen atoms in total. The minimum absolute atomic E-state index is 1.21. The maximum Gasteiger partial charge on any atom is 0.0555 e. The molecule has 1 heteroatoms. The van der Waals surface area contributed by atoms with Crippen LogP contribution < -0.4 is 0 Å². The van der Waals surface area contributed by atoms with E-state index < -0.39 is 0 Å². The Morgan fingerprint density at radius 2 is 2.50 bits per heavy atom. The van der Waals surface area contributed by atoms with E-state index in [4.69, 9.17) is 0 Å². The Kier molecular flexibility index (Phi) is 1.20. The summed E-state index contributed by atoms with van der Waals surface area (Å²) in [6.07, 6.45) is 7.65. The second kappa shape index (κ2) is 1.69. The van der Waals surface area contributed by atoms with Gasteiger partial charge in [-0.05, 0) is 12.7 Å². The van der Waals surface area contributed by atoms with Crippen molar-refractivity contribution < 1.29 is 0 Å². The number of hydrogen-bond donors (Lipinski definition) is 0. The molecule has 0 atom stereocenters. The van der Waals surface area contributed by atoms with Crippen molar-refractivity contribution in [2.45, 2.75) is 6.42 Å². The Morgan fingerprint density at radius 1 is 1.83 bits per heavy atom. The van der Waals surface area contributed by atoms with Crippen LogP contribution in [-0.4, -0.2) is 6.26 Å². The predicted molar refractivity (Wildman–Crippen MR) is 30.5 cm³/mol. The summed E-state index contributed by atoms with van der Waals surface area (Å²) in [5, 5.41) is 1.51. The predicted octanol–water partition coefficient (Wildman–Crippen LogP) is 1.84. The highest BCUT2D eigenvalue weighted by molar-refractivity contribution is 8.01. The zero-order valence-corrected chi connectivity index (χ0v) is 4.59. The van der Waals surface area contributed by atoms with Crippen molar-refractivity contribution in [3.8, 4) is 0 Å². The third kappa shape index (κ3) is 0.597. The highest BCUT2D eigenvalue weighted by atomic mass is 32.2. The van der Waals surface area contributed by atoms with Crippen LogP contribution >= 0.6 is 11.8 Å². The normalized spacial score (nSPS) is 20.8. The Labute approximate surface area is 42.6 Å². The molecule has 0 aromatic rings. The van der Waals surface area contributed by atoms with Crippen molar-refractivity contribution in [3.63, 3.8) is 0 Å². The monoisotopic (exact) mass is 99.0 g/mol. The lowest BCUT2D eigenvalue weighted by molar-refractivity contribution is 1.15. The van der Waals surface area contributed by atoms with Crippen molar-refractivity contribution in [2.24, 2.45) is 0 Å². The van der Waals surface area contributed by atoms with Crippen LogP contribution in [0.25, 0.3) is 0 Å². The van der Waals surface area contributed by atoms with Gasteiger partial charge in [-0.3, -0.25) is 0 Å². The van der Waals surface area contributed by atoms with Gasteiger partial charge in [0, 0.05) is 0 Å². The van der Waals surface area contributed by atoms with Gasteiger partial charge in [0.25, 0.3) is 0 Å². The van der Waals surface area contributed by atoms with E-state index in [0.717, 1.165) is 0 Å². The highest BCUT2D eigenvalue weighted by Crippen LogP contribution is 2.28. The quantitative estimate of drug-likeness (QED) is 0.483. The lowest BCUT2D eigenvalue weighted by atomic mass is 10.1. The number of hydrogen-bond acceptors (Lipinski definition) is 1. The van der Waals surface area contributed by atoms with E-state index in [2.05, 4.69) is 18.4 Å². The summed E-state index contributed by atoms with van der Waals surface area (Å²) in [6, 6.07) is 0. The lowest BCUT2D eigenvalue weighted by Gasteiger charge is -2.11. The summed E-state index contributed by atoms with van der Waals surface area (Å²) in [5.41, 5.74) is 0. The fraction of sp³-hybridized carbons (Fsp3) is 0.400. The molecule has 0 saturated heterocycles. The summed E-state index contributed by atoms with van der Waals surface area (Å²) < 4.78 is 0. The average Bonchev–Trinajstić information content (AvgIpc) is 1.31. The maximum absolute atomic E-state index is 2.17. The molecular weight excluding hydrogens is 92.1 g/mol. The van der Waals surface area contributed by atoms with Gasteiger partial charge < -0.3 is 0 Å². The molecule has 0 amide bonds. The van der Waals surface area contributed by atoms with Crippen LogP contribution in [-0.2, 0) is 0 Å². The third-order valence-corrected chi connectivity index (χ3v) is 1.71. The summed E-state index contributed by atoms with van der Waals surface area (Å²) in [5.74, 6) is 0. The average molecular weight is 99.2 g/mol. The van der Waals surface area contributed by atoms with Crippen LogP contribution in [0, 0.1) is 5.25 Å². The summed E-state index contributed by atoms with van der Waals surface area (Å²) in [4.78, 5) is 0. The van der Waals surface area contributed by atoms with E-state index in [1.165, 1.54) is 11.7 Å². The van der Waals surface area contributed by atoms with Crippen LogP contribution in [0.1, 0.15) is 6.42 Å². The standard InChI is InChI=1S/C5H7S/c1-6-5-3-2-4-5/h2-3H,4H2,1H3. The molecular formula is C5H7S. The van der Waals surface area contributed by atoms with Gasteiger partial charge in [0.15, 0.2) is 0 Å². The van der Waals surface area contributed by atoms with Gasteiger partial charge in [0.2, 0.25) is 0 Å². The first-order valence-corrected chi connectivity index (χ1v) is 3.22. The van der Waals surface area contributed by atoms with Gasteiger partial charge in [-0.2, -0.15) is 11.8 Å². The first kappa shape index (κ1) is 4.25. The van der Waals surface area contributed by atoms with Gasteiger partial charge in [0.05, 0.1) is 5.25 Å². The van der Waals surface area contributed by atoms with Gasteiger partial charge in [-0.15, -0.1) is 0 Å². The van der Waals surface area contributed by atoms with Crippen LogP contribution in [0.5, 0.6) is 0 Å². The number of allylic oxidation sites excluding steroid dienone is 1. The van der Waals surface area contributed by atoms with Crippen LogP contribution in [0.3, 0.4) is 0 Å². The molecule has 0 aliphatic heterocycles.